The van der Waals surface area contributed by atoms with Gasteiger partial charge in [-0.15, -0.1) is 11.3 Å². The van der Waals surface area contributed by atoms with Crippen LogP contribution in [0.2, 0.25) is 6.82 Å². The minimum absolute atomic E-state index is 0.230. The van der Waals surface area contributed by atoms with Crippen molar-refractivity contribution >= 4 is 58.6 Å². The monoisotopic (exact) mass is 766 g/mol. The first-order valence-corrected chi connectivity index (χ1v) is 20.4. The molecule has 3 heterocycles. The number of benzene rings is 5. The summed E-state index contributed by atoms with van der Waals surface area (Å²) in [7, 11) is 2.06. The number of hydrogen-bond donors (Lipinski definition) is 0. The standard InChI is InChI=1S/C51H41BN5S/c1-7-19-36-38(31-41(52-6)49-55-47(32-20-13-10-14-21-32)54-48(56-49)33-22-15-11-16-23-33)44(9-3)57(43(36)8-2)35-26-27-37-40(30-35)51(4,5)39-28-29-42-46(45(37)39)58-50(53-42)34-24-17-12-18-25-34/h7-31H,2-3H2,1,4-6H3/b19-7-,41-31-. The van der Waals surface area contributed by atoms with Gasteiger partial charge < -0.3 is 4.57 Å². The van der Waals surface area contributed by atoms with E-state index in [1.54, 1.807) is 11.3 Å². The summed E-state index contributed by atoms with van der Waals surface area (Å²) in [6, 6.07) is 41.9. The average Bonchev–Trinajstić information content (AvgIpc) is 3.91. The second kappa shape index (κ2) is 15.0. The molecule has 1 aliphatic carbocycles. The number of aromatic nitrogens is 5. The Hall–Kier alpha value is -6.70. The maximum absolute atomic E-state index is 5.08. The second-order valence-electron chi connectivity index (χ2n) is 14.8. The van der Waals surface area contributed by atoms with E-state index in [1.807, 2.05) is 92.6 Å². The molecule has 7 heteroatoms. The molecule has 0 bridgehead atoms. The highest BCUT2D eigenvalue weighted by molar-refractivity contribution is 7.22. The van der Waals surface area contributed by atoms with Crippen LogP contribution in [0.5, 0.6) is 0 Å². The maximum Gasteiger partial charge on any atom is 0.164 e. The number of nitrogens with zero attached hydrogens (tertiary/aromatic N) is 5. The van der Waals surface area contributed by atoms with Crippen LogP contribution in [-0.4, -0.2) is 31.8 Å². The minimum atomic E-state index is -0.230. The summed E-state index contributed by atoms with van der Waals surface area (Å²) in [5.74, 6) is 1.83. The lowest BCUT2D eigenvalue weighted by Gasteiger charge is -2.22. The van der Waals surface area contributed by atoms with E-state index in [4.69, 9.17) is 19.9 Å². The largest absolute Gasteiger partial charge is 0.309 e. The summed E-state index contributed by atoms with van der Waals surface area (Å²) in [5.41, 5.74) is 14.8. The average molecular weight is 767 g/mol. The van der Waals surface area contributed by atoms with Crippen molar-refractivity contribution in [1.82, 2.24) is 24.5 Å². The highest BCUT2D eigenvalue weighted by Crippen LogP contribution is 2.53. The molecule has 0 aliphatic heterocycles. The Kier molecular flexibility index (Phi) is 9.54. The predicted octanol–water partition coefficient (Wildman–Crippen LogP) is 13.1. The molecule has 0 N–H and O–H groups in total. The van der Waals surface area contributed by atoms with Crippen molar-refractivity contribution in [3.05, 3.63) is 180 Å². The molecule has 279 valence electrons. The minimum Gasteiger partial charge on any atom is -0.309 e. The molecule has 5 nitrogen and oxygen atoms in total. The van der Waals surface area contributed by atoms with Crippen molar-refractivity contribution in [3.8, 4) is 50.2 Å². The lowest BCUT2D eigenvalue weighted by molar-refractivity contribution is 0.660. The summed E-state index contributed by atoms with van der Waals surface area (Å²) in [4.78, 5) is 20.1. The van der Waals surface area contributed by atoms with E-state index in [1.165, 1.54) is 27.0 Å². The van der Waals surface area contributed by atoms with Crippen molar-refractivity contribution in [1.29, 1.82) is 0 Å². The first-order chi connectivity index (χ1) is 28.3. The molecular formula is C51H41BN5S. The van der Waals surface area contributed by atoms with Gasteiger partial charge in [-0.2, -0.15) is 0 Å². The summed E-state index contributed by atoms with van der Waals surface area (Å²) in [5, 5.41) is 1.04. The molecule has 0 atom stereocenters. The van der Waals surface area contributed by atoms with Crippen LogP contribution in [0.1, 0.15) is 60.2 Å². The van der Waals surface area contributed by atoms with Crippen LogP contribution in [0.25, 0.3) is 90.2 Å². The molecule has 58 heavy (non-hydrogen) atoms. The van der Waals surface area contributed by atoms with Crippen molar-refractivity contribution in [2.75, 3.05) is 0 Å². The van der Waals surface area contributed by atoms with Crippen LogP contribution in [0, 0.1) is 0 Å². The Labute approximate surface area is 344 Å². The molecule has 0 saturated carbocycles. The van der Waals surface area contributed by atoms with E-state index in [9.17, 15) is 0 Å². The Balaban J connectivity index is 1.21. The zero-order valence-electron chi connectivity index (χ0n) is 33.1. The summed E-state index contributed by atoms with van der Waals surface area (Å²) < 4.78 is 3.51. The third-order valence-electron chi connectivity index (χ3n) is 11.1. The molecule has 0 spiro atoms. The third-order valence-corrected chi connectivity index (χ3v) is 12.2. The van der Waals surface area contributed by atoms with Crippen molar-refractivity contribution < 1.29 is 0 Å². The van der Waals surface area contributed by atoms with Gasteiger partial charge in [0.1, 0.15) is 5.01 Å². The summed E-state index contributed by atoms with van der Waals surface area (Å²) in [6.07, 6.45) is 10.3. The van der Waals surface area contributed by atoms with Gasteiger partial charge in [0, 0.05) is 44.5 Å². The molecule has 8 aromatic rings. The number of allylic oxidation sites excluding steroid dienone is 1. The van der Waals surface area contributed by atoms with Crippen LogP contribution in [0.4, 0.5) is 0 Å². The van der Waals surface area contributed by atoms with Crippen LogP contribution in [0.15, 0.2) is 141 Å². The molecule has 5 aromatic carbocycles. The predicted molar refractivity (Wildman–Crippen MR) is 247 cm³/mol. The molecule has 1 radical (unpaired) electrons. The van der Waals surface area contributed by atoms with E-state index in [-0.39, 0.29) is 5.41 Å². The van der Waals surface area contributed by atoms with Crippen molar-refractivity contribution in [2.24, 2.45) is 0 Å². The van der Waals surface area contributed by atoms with E-state index >= 15 is 0 Å². The highest BCUT2D eigenvalue weighted by atomic mass is 32.1. The van der Waals surface area contributed by atoms with E-state index < -0.39 is 0 Å². The van der Waals surface area contributed by atoms with E-state index in [2.05, 4.69) is 112 Å². The molecule has 3 aromatic heterocycles. The van der Waals surface area contributed by atoms with Crippen LogP contribution >= 0.6 is 11.3 Å². The molecule has 0 saturated heterocycles. The van der Waals surface area contributed by atoms with Gasteiger partial charge in [-0.05, 0) is 59.4 Å². The van der Waals surface area contributed by atoms with Gasteiger partial charge in [0.15, 0.2) is 24.8 Å². The molecule has 0 amide bonds. The Morgan fingerprint density at radius 3 is 1.88 bits per heavy atom. The fourth-order valence-corrected chi connectivity index (χ4v) is 9.36. The number of fused-ring (bicyclic) bond motifs is 5. The second-order valence-corrected chi connectivity index (χ2v) is 15.8. The van der Waals surface area contributed by atoms with E-state index in [0.29, 0.717) is 17.5 Å². The van der Waals surface area contributed by atoms with Crippen LogP contribution in [-0.2, 0) is 5.41 Å². The van der Waals surface area contributed by atoms with Gasteiger partial charge in [0.05, 0.1) is 21.6 Å². The lowest BCUT2D eigenvalue weighted by atomic mass is 9.71. The summed E-state index contributed by atoms with van der Waals surface area (Å²) >= 11 is 1.77. The molecule has 1 aliphatic rings. The first kappa shape index (κ1) is 36.9. The smallest absolute Gasteiger partial charge is 0.164 e. The highest BCUT2D eigenvalue weighted by Gasteiger charge is 2.38. The fraction of sp³-hybridized carbons (Fsp3) is 0.0980. The number of hydrogen-bond acceptors (Lipinski definition) is 5. The molecular weight excluding hydrogens is 725 g/mol. The summed E-state index contributed by atoms with van der Waals surface area (Å²) in [6.45, 7) is 17.4. The van der Waals surface area contributed by atoms with Gasteiger partial charge in [0.25, 0.3) is 0 Å². The molecule has 0 unspecified atom stereocenters. The molecule has 0 fully saturated rings. The number of thiazole rings is 1. The Morgan fingerprint density at radius 2 is 1.29 bits per heavy atom. The fourth-order valence-electron chi connectivity index (χ4n) is 8.23. The topological polar surface area (TPSA) is 56.5 Å². The van der Waals surface area contributed by atoms with Gasteiger partial charge in [0.2, 0.25) is 0 Å². The van der Waals surface area contributed by atoms with Gasteiger partial charge >= 0.3 is 0 Å². The first-order valence-electron chi connectivity index (χ1n) is 19.5. The Bertz CT molecular complexity index is 2880. The SMILES string of the molecule is C=Cc1c(/C=C\C)c(/C=C(\[B]C)c2nc(-c3ccccc3)nc(-c3ccccc3)n2)c(C=C)n1-c1ccc2c(c1)C(C)(C)c1ccc3nc(-c4ccccc4)sc3c1-2. The van der Waals surface area contributed by atoms with Crippen molar-refractivity contribution in [3.63, 3.8) is 0 Å². The van der Waals surface area contributed by atoms with Gasteiger partial charge in [-0.1, -0.05) is 155 Å². The van der Waals surface area contributed by atoms with E-state index in [0.717, 1.165) is 60.9 Å². The normalized spacial score (nSPS) is 13.1. The van der Waals surface area contributed by atoms with Crippen LogP contribution in [0.3, 0.4) is 0 Å². The zero-order chi connectivity index (χ0) is 40.0. The quantitative estimate of drug-likeness (QED) is 0.130. The van der Waals surface area contributed by atoms with Crippen molar-refractivity contribution in [2.45, 2.75) is 33.0 Å². The van der Waals surface area contributed by atoms with Gasteiger partial charge in [-0.25, -0.2) is 19.9 Å². The lowest BCUT2D eigenvalue weighted by Crippen LogP contribution is -2.15. The van der Waals surface area contributed by atoms with Gasteiger partial charge in [-0.3, -0.25) is 0 Å². The number of rotatable bonds is 10. The zero-order valence-corrected chi connectivity index (χ0v) is 33.9. The molecule has 9 rings (SSSR count). The Morgan fingerprint density at radius 1 is 0.690 bits per heavy atom. The van der Waals surface area contributed by atoms with Crippen LogP contribution < -0.4 is 0 Å². The third kappa shape index (κ3) is 6.19. The maximum atomic E-state index is 5.08.